The van der Waals surface area contributed by atoms with Gasteiger partial charge in [0.25, 0.3) is 0 Å². The van der Waals surface area contributed by atoms with Crippen molar-refractivity contribution >= 4 is 43.4 Å². The number of benzene rings is 8. The number of nitrogens with zero attached hydrogens (tertiary/aromatic N) is 3. The van der Waals surface area contributed by atoms with Crippen LogP contribution in [0, 0.1) is 5.41 Å². The maximum Gasteiger partial charge on any atom is 0.160 e. The second-order valence-corrected chi connectivity index (χ2v) is 18.7. The van der Waals surface area contributed by atoms with E-state index in [9.17, 15) is 0 Å². The van der Waals surface area contributed by atoms with Crippen LogP contribution in [0.25, 0.3) is 82.9 Å². The summed E-state index contributed by atoms with van der Waals surface area (Å²) in [4.78, 5) is 10.7. The van der Waals surface area contributed by atoms with Gasteiger partial charge < -0.3 is 4.57 Å². The van der Waals surface area contributed by atoms with Crippen LogP contribution in [0.2, 0.25) is 0 Å². The number of aromatic nitrogens is 3. The Hall–Kier alpha value is -6.84. The van der Waals surface area contributed by atoms with Crippen molar-refractivity contribution in [3.05, 3.63) is 198 Å². The van der Waals surface area contributed by atoms with Gasteiger partial charge in [-0.05, 0) is 109 Å². The van der Waals surface area contributed by atoms with E-state index in [1.165, 1.54) is 65.6 Å². The number of hydrogen-bond acceptors (Lipinski definition) is 2. The lowest BCUT2D eigenvalue weighted by Gasteiger charge is -2.44. The van der Waals surface area contributed by atoms with Gasteiger partial charge >= 0.3 is 0 Å². The van der Waals surface area contributed by atoms with Crippen LogP contribution in [-0.4, -0.2) is 14.5 Å². The highest BCUT2D eigenvalue weighted by Gasteiger charge is 2.57. The number of hydrogen-bond donors (Lipinski definition) is 0. The molecular formula is C58H49N3. The van der Waals surface area contributed by atoms with E-state index in [-0.39, 0.29) is 16.2 Å². The van der Waals surface area contributed by atoms with Crippen LogP contribution in [-0.2, 0) is 17.3 Å². The molecule has 0 saturated carbocycles. The van der Waals surface area contributed by atoms with Crippen LogP contribution in [0.3, 0.4) is 0 Å². The molecule has 1 aliphatic carbocycles. The molecule has 0 amide bonds. The maximum atomic E-state index is 5.36. The van der Waals surface area contributed by atoms with Crippen molar-refractivity contribution in [3.8, 4) is 39.6 Å². The van der Waals surface area contributed by atoms with Crippen LogP contribution in [0.15, 0.2) is 176 Å². The van der Waals surface area contributed by atoms with E-state index in [2.05, 4.69) is 222 Å². The summed E-state index contributed by atoms with van der Waals surface area (Å²) in [6.45, 7) is 14.6. The standard InChI is InChI=1S/C58H49N3/c1-56(2)49-34-48-47-27-17-18-28-53(47)61(54(48)35-50(49)57(3,4)58(56,5)6)43-31-37(29-41-32-40-23-13-14-24-44(40)46-26-16-15-25-45(41)46)30-42(33-43)55-59-51(38-19-9-7-10-20-38)36-52(60-55)39-21-11-8-12-22-39/h7-28,30-36H,29H2,1-6H3. The summed E-state index contributed by atoms with van der Waals surface area (Å²) in [7, 11) is 0. The fourth-order valence-corrected chi connectivity index (χ4v) is 10.4. The Morgan fingerprint density at radius 3 is 1.66 bits per heavy atom. The van der Waals surface area contributed by atoms with Gasteiger partial charge in [-0.3, -0.25) is 0 Å². The number of para-hydroxylation sites is 1. The molecule has 0 saturated heterocycles. The van der Waals surface area contributed by atoms with Gasteiger partial charge in [-0.25, -0.2) is 9.97 Å². The highest BCUT2D eigenvalue weighted by molar-refractivity contribution is 6.11. The fourth-order valence-electron chi connectivity index (χ4n) is 10.4. The van der Waals surface area contributed by atoms with Crippen LogP contribution < -0.4 is 0 Å². The average Bonchev–Trinajstić information content (AvgIpc) is 3.66. The van der Waals surface area contributed by atoms with E-state index < -0.39 is 0 Å². The molecule has 10 aromatic rings. The lowest BCUT2D eigenvalue weighted by atomic mass is 9.59. The van der Waals surface area contributed by atoms with E-state index in [0.717, 1.165) is 40.2 Å². The highest BCUT2D eigenvalue weighted by Crippen LogP contribution is 2.62. The number of rotatable bonds is 6. The van der Waals surface area contributed by atoms with Crippen molar-refractivity contribution in [1.82, 2.24) is 14.5 Å². The Bertz CT molecular complexity index is 3290. The van der Waals surface area contributed by atoms with Crippen LogP contribution in [0.4, 0.5) is 0 Å². The molecule has 3 nitrogen and oxygen atoms in total. The first kappa shape index (κ1) is 37.2. The summed E-state index contributed by atoms with van der Waals surface area (Å²) >= 11 is 0. The smallest absolute Gasteiger partial charge is 0.160 e. The molecule has 3 heteroatoms. The molecule has 2 aromatic heterocycles. The molecule has 296 valence electrons. The topological polar surface area (TPSA) is 30.7 Å². The molecule has 0 unspecified atom stereocenters. The first-order chi connectivity index (χ1) is 29.5. The van der Waals surface area contributed by atoms with Crippen molar-refractivity contribution in [1.29, 1.82) is 0 Å². The number of fused-ring (bicyclic) bond motifs is 7. The van der Waals surface area contributed by atoms with Crippen molar-refractivity contribution in [2.45, 2.75) is 58.8 Å². The van der Waals surface area contributed by atoms with Gasteiger partial charge in [-0.15, -0.1) is 0 Å². The first-order valence-electron chi connectivity index (χ1n) is 21.6. The zero-order valence-corrected chi connectivity index (χ0v) is 35.8. The third-order valence-corrected chi connectivity index (χ3v) is 14.9. The lowest BCUT2D eigenvalue weighted by Crippen LogP contribution is -2.42. The van der Waals surface area contributed by atoms with E-state index in [1.807, 2.05) is 0 Å². The minimum atomic E-state index is -0.0367. The Balaban J connectivity index is 1.20. The zero-order valence-electron chi connectivity index (χ0n) is 35.8. The summed E-state index contributed by atoms with van der Waals surface area (Å²) in [6, 6.07) is 64.1. The molecular weight excluding hydrogens is 739 g/mol. The normalized spacial score (nSPS) is 15.2. The van der Waals surface area contributed by atoms with Crippen molar-refractivity contribution in [3.63, 3.8) is 0 Å². The predicted octanol–water partition coefficient (Wildman–Crippen LogP) is 15.1. The van der Waals surface area contributed by atoms with Crippen LogP contribution in [0.1, 0.15) is 63.8 Å². The second kappa shape index (κ2) is 13.6. The largest absolute Gasteiger partial charge is 0.309 e. The van der Waals surface area contributed by atoms with Crippen LogP contribution >= 0.6 is 0 Å². The van der Waals surface area contributed by atoms with Crippen molar-refractivity contribution < 1.29 is 0 Å². The van der Waals surface area contributed by atoms with Gasteiger partial charge in [-0.2, -0.15) is 0 Å². The molecule has 0 aliphatic heterocycles. The SMILES string of the molecule is CC1(C)c2cc3c4ccccc4n(-c4cc(Cc5cc6ccccc6c6ccccc56)cc(-c5nc(-c6ccccc6)cc(-c6ccccc6)n5)c4)c3cc2C(C)(C)C1(C)C. The zero-order chi connectivity index (χ0) is 41.7. The molecule has 0 bridgehead atoms. The molecule has 2 heterocycles. The predicted molar refractivity (Wildman–Crippen MR) is 257 cm³/mol. The monoisotopic (exact) mass is 787 g/mol. The molecule has 0 fully saturated rings. The Morgan fingerprint density at radius 1 is 0.426 bits per heavy atom. The summed E-state index contributed by atoms with van der Waals surface area (Å²) in [6.07, 6.45) is 0.748. The van der Waals surface area contributed by atoms with Gasteiger partial charge in [0.2, 0.25) is 0 Å². The van der Waals surface area contributed by atoms with Crippen LogP contribution in [0.5, 0.6) is 0 Å². The average molecular weight is 788 g/mol. The minimum Gasteiger partial charge on any atom is -0.309 e. The van der Waals surface area contributed by atoms with Gasteiger partial charge in [-0.1, -0.05) is 175 Å². The maximum absolute atomic E-state index is 5.36. The van der Waals surface area contributed by atoms with E-state index >= 15 is 0 Å². The minimum absolute atomic E-state index is 0.00346. The van der Waals surface area contributed by atoms with E-state index in [1.54, 1.807) is 0 Å². The molecule has 1 aliphatic rings. The quantitative estimate of drug-likeness (QED) is 0.157. The Kier molecular flexibility index (Phi) is 8.28. The molecule has 8 aromatic carbocycles. The Morgan fingerprint density at radius 2 is 0.984 bits per heavy atom. The molecule has 0 spiro atoms. The molecule has 0 N–H and O–H groups in total. The van der Waals surface area contributed by atoms with Gasteiger partial charge in [0, 0.05) is 33.2 Å². The van der Waals surface area contributed by atoms with E-state index in [0.29, 0.717) is 5.82 Å². The van der Waals surface area contributed by atoms with Gasteiger partial charge in [0.1, 0.15) is 0 Å². The van der Waals surface area contributed by atoms with E-state index in [4.69, 9.17) is 9.97 Å². The summed E-state index contributed by atoms with van der Waals surface area (Å²) in [5.41, 5.74) is 13.8. The molecule has 61 heavy (non-hydrogen) atoms. The molecule has 11 rings (SSSR count). The summed E-state index contributed by atoms with van der Waals surface area (Å²) in [5.74, 6) is 0.706. The van der Waals surface area contributed by atoms with Gasteiger partial charge in [0.15, 0.2) is 5.82 Å². The van der Waals surface area contributed by atoms with Crippen molar-refractivity contribution in [2.75, 3.05) is 0 Å². The fraction of sp³-hybridized carbons (Fsp3) is 0.172. The first-order valence-corrected chi connectivity index (χ1v) is 21.6. The second-order valence-electron chi connectivity index (χ2n) is 18.7. The third-order valence-electron chi connectivity index (χ3n) is 14.9. The molecule has 0 radical (unpaired) electrons. The molecule has 0 atom stereocenters. The Labute approximate surface area is 358 Å². The third kappa shape index (κ3) is 5.71. The van der Waals surface area contributed by atoms with Gasteiger partial charge in [0.05, 0.1) is 22.4 Å². The van der Waals surface area contributed by atoms with Crippen molar-refractivity contribution in [2.24, 2.45) is 5.41 Å². The summed E-state index contributed by atoms with van der Waals surface area (Å²) < 4.78 is 2.50. The lowest BCUT2D eigenvalue weighted by molar-refractivity contribution is 0.125. The highest BCUT2D eigenvalue weighted by atomic mass is 15.0. The summed E-state index contributed by atoms with van der Waals surface area (Å²) in [5, 5.41) is 7.65.